The van der Waals surface area contributed by atoms with Gasteiger partial charge in [0.25, 0.3) is 0 Å². The number of ether oxygens (including phenoxy) is 1. The summed E-state index contributed by atoms with van der Waals surface area (Å²) in [6.45, 7) is 2.34. The standard InChI is InChI=1S/C25H30ClNO3/c1-2-9-21(27)24(28)23(25(29)14-7-4-8-15-25)19-12-13-22(20(26)16-19)30-17-18-10-5-3-6-11-18/h3,5-6,10-13,16,23,27,29H,2,4,7-9,14-15,17H2,1H3. The predicted octanol–water partition coefficient (Wildman–Crippen LogP) is 6.09. The maximum Gasteiger partial charge on any atom is 0.186 e. The molecule has 0 heterocycles. The first-order valence-electron chi connectivity index (χ1n) is 10.7. The number of hydrogen-bond acceptors (Lipinski definition) is 4. The Balaban J connectivity index is 1.86. The zero-order valence-corrected chi connectivity index (χ0v) is 18.3. The van der Waals surface area contributed by atoms with Gasteiger partial charge in [-0.25, -0.2) is 0 Å². The molecule has 2 aromatic rings. The van der Waals surface area contributed by atoms with Crippen LogP contribution in [0.5, 0.6) is 5.75 Å². The van der Waals surface area contributed by atoms with E-state index >= 15 is 0 Å². The third-order valence-corrected chi connectivity index (χ3v) is 6.14. The SMILES string of the molecule is CCCC(=N)C(=O)C(c1ccc(OCc2ccccc2)c(Cl)c1)C1(O)CCCCC1. The molecule has 0 amide bonds. The summed E-state index contributed by atoms with van der Waals surface area (Å²) in [7, 11) is 0. The Morgan fingerprint density at radius 3 is 2.50 bits per heavy atom. The van der Waals surface area contributed by atoms with Gasteiger partial charge in [-0.3, -0.25) is 4.79 Å². The van der Waals surface area contributed by atoms with Crippen LogP contribution < -0.4 is 4.74 Å². The lowest BCUT2D eigenvalue weighted by atomic mass is 9.70. The number of nitrogens with one attached hydrogen (secondary N) is 1. The molecule has 0 saturated heterocycles. The first kappa shape index (κ1) is 22.5. The van der Waals surface area contributed by atoms with Gasteiger partial charge in [-0.1, -0.05) is 80.6 Å². The highest BCUT2D eigenvalue weighted by atomic mass is 35.5. The second-order valence-electron chi connectivity index (χ2n) is 8.15. The van der Waals surface area contributed by atoms with Gasteiger partial charge in [-0.2, -0.15) is 0 Å². The van der Waals surface area contributed by atoms with E-state index in [9.17, 15) is 9.90 Å². The molecule has 1 aliphatic rings. The molecule has 5 heteroatoms. The summed E-state index contributed by atoms with van der Waals surface area (Å²) >= 11 is 6.50. The van der Waals surface area contributed by atoms with Crippen molar-refractivity contribution in [1.29, 1.82) is 5.41 Å². The van der Waals surface area contributed by atoms with E-state index in [1.807, 2.05) is 37.3 Å². The fraction of sp³-hybridized carbons (Fsp3) is 0.440. The van der Waals surface area contributed by atoms with Crippen molar-refractivity contribution in [3.05, 3.63) is 64.7 Å². The number of rotatable bonds is 9. The quantitative estimate of drug-likeness (QED) is 0.476. The van der Waals surface area contributed by atoms with Crippen molar-refractivity contribution in [2.45, 2.75) is 70.0 Å². The second-order valence-corrected chi connectivity index (χ2v) is 8.56. The fourth-order valence-electron chi connectivity index (χ4n) is 4.25. The zero-order valence-electron chi connectivity index (χ0n) is 17.5. The number of Topliss-reactive ketones (excluding diaryl/α,β-unsaturated/α-hetero) is 1. The first-order chi connectivity index (χ1) is 14.4. The zero-order chi connectivity index (χ0) is 21.6. The number of ketones is 1. The lowest BCUT2D eigenvalue weighted by Crippen LogP contribution is -2.44. The summed E-state index contributed by atoms with van der Waals surface area (Å²) in [5, 5.41) is 20.0. The first-order valence-corrected chi connectivity index (χ1v) is 11.1. The molecule has 1 saturated carbocycles. The van der Waals surface area contributed by atoms with Crippen LogP contribution in [-0.4, -0.2) is 22.2 Å². The maximum atomic E-state index is 13.2. The van der Waals surface area contributed by atoms with Gasteiger partial charge in [0.2, 0.25) is 0 Å². The Morgan fingerprint density at radius 1 is 1.17 bits per heavy atom. The van der Waals surface area contributed by atoms with Gasteiger partial charge in [-0.15, -0.1) is 0 Å². The largest absolute Gasteiger partial charge is 0.487 e. The van der Waals surface area contributed by atoms with E-state index in [-0.39, 0.29) is 11.5 Å². The number of carbonyl (C=O) groups is 1. The molecule has 30 heavy (non-hydrogen) atoms. The van der Waals surface area contributed by atoms with Gasteiger partial charge in [0, 0.05) is 0 Å². The Kier molecular flexibility index (Phi) is 7.68. The molecule has 3 rings (SSSR count). The van der Waals surface area contributed by atoms with Crippen LogP contribution >= 0.6 is 11.6 Å². The lowest BCUT2D eigenvalue weighted by Gasteiger charge is -2.39. The van der Waals surface area contributed by atoms with Gasteiger partial charge < -0.3 is 15.3 Å². The highest BCUT2D eigenvalue weighted by Gasteiger charge is 2.44. The van der Waals surface area contributed by atoms with Crippen LogP contribution in [0, 0.1) is 5.41 Å². The monoisotopic (exact) mass is 427 g/mol. The van der Waals surface area contributed by atoms with Crippen LogP contribution in [-0.2, 0) is 11.4 Å². The van der Waals surface area contributed by atoms with Gasteiger partial charge >= 0.3 is 0 Å². The summed E-state index contributed by atoms with van der Waals surface area (Å²) in [5.41, 5.74) is 0.630. The highest BCUT2D eigenvalue weighted by Crippen LogP contribution is 2.42. The van der Waals surface area contributed by atoms with Crippen molar-refractivity contribution in [3.63, 3.8) is 0 Å². The number of aliphatic hydroxyl groups is 1. The maximum absolute atomic E-state index is 13.2. The van der Waals surface area contributed by atoms with Crippen molar-refractivity contribution in [2.75, 3.05) is 0 Å². The van der Waals surface area contributed by atoms with Crippen LogP contribution in [0.4, 0.5) is 0 Å². The molecular weight excluding hydrogens is 398 g/mol. The molecule has 1 fully saturated rings. The van der Waals surface area contributed by atoms with Crippen molar-refractivity contribution in [1.82, 2.24) is 0 Å². The molecule has 1 aliphatic carbocycles. The summed E-state index contributed by atoms with van der Waals surface area (Å²) in [6, 6.07) is 15.1. The average Bonchev–Trinajstić information content (AvgIpc) is 2.74. The van der Waals surface area contributed by atoms with Crippen LogP contribution in [0.3, 0.4) is 0 Å². The van der Waals surface area contributed by atoms with Crippen molar-refractivity contribution in [2.24, 2.45) is 0 Å². The minimum atomic E-state index is -1.13. The molecule has 0 aromatic heterocycles. The van der Waals surface area contributed by atoms with E-state index < -0.39 is 11.5 Å². The molecule has 4 nitrogen and oxygen atoms in total. The number of benzene rings is 2. The highest BCUT2D eigenvalue weighted by molar-refractivity contribution is 6.41. The minimum absolute atomic E-state index is 0.0713. The van der Waals surface area contributed by atoms with E-state index in [1.165, 1.54) is 0 Å². The second kappa shape index (κ2) is 10.2. The summed E-state index contributed by atoms with van der Waals surface area (Å²) < 4.78 is 5.85. The molecule has 1 unspecified atom stereocenters. The topological polar surface area (TPSA) is 70.4 Å². The van der Waals surface area contributed by atoms with Crippen molar-refractivity contribution in [3.8, 4) is 5.75 Å². The van der Waals surface area contributed by atoms with Gasteiger partial charge in [0.1, 0.15) is 12.4 Å². The molecule has 0 spiro atoms. The van der Waals surface area contributed by atoms with Crippen LogP contribution in [0.2, 0.25) is 5.02 Å². The van der Waals surface area contributed by atoms with E-state index in [0.717, 1.165) is 31.2 Å². The van der Waals surface area contributed by atoms with Crippen molar-refractivity contribution < 1.29 is 14.6 Å². The summed E-state index contributed by atoms with van der Waals surface area (Å²) in [6.07, 6.45) is 5.09. The molecular formula is C25H30ClNO3. The van der Waals surface area contributed by atoms with Crippen LogP contribution in [0.25, 0.3) is 0 Å². The molecule has 2 N–H and O–H groups in total. The normalized spacial score (nSPS) is 16.6. The van der Waals surface area contributed by atoms with Gasteiger partial charge in [-0.05, 0) is 42.5 Å². The third-order valence-electron chi connectivity index (χ3n) is 5.84. The lowest BCUT2D eigenvalue weighted by molar-refractivity contribution is -0.122. The predicted molar refractivity (Wildman–Crippen MR) is 121 cm³/mol. The molecule has 0 bridgehead atoms. The average molecular weight is 428 g/mol. The molecule has 0 radical (unpaired) electrons. The fourth-order valence-corrected chi connectivity index (χ4v) is 4.50. The molecule has 0 aliphatic heterocycles. The summed E-state index contributed by atoms with van der Waals surface area (Å²) in [5.74, 6) is -0.525. The smallest absolute Gasteiger partial charge is 0.186 e. The Morgan fingerprint density at radius 2 is 1.87 bits per heavy atom. The Hall–Kier alpha value is -2.17. The minimum Gasteiger partial charge on any atom is -0.487 e. The van der Waals surface area contributed by atoms with Crippen LogP contribution in [0.15, 0.2) is 48.5 Å². The van der Waals surface area contributed by atoms with E-state index in [4.69, 9.17) is 21.7 Å². The number of hydrogen-bond donors (Lipinski definition) is 2. The summed E-state index contributed by atoms with van der Waals surface area (Å²) in [4.78, 5) is 13.2. The molecule has 1 atom stereocenters. The molecule has 2 aromatic carbocycles. The van der Waals surface area contributed by atoms with Gasteiger partial charge in [0.05, 0.1) is 22.3 Å². The third kappa shape index (κ3) is 5.30. The van der Waals surface area contributed by atoms with E-state index in [1.54, 1.807) is 18.2 Å². The van der Waals surface area contributed by atoms with Crippen molar-refractivity contribution >= 4 is 23.1 Å². The van der Waals surface area contributed by atoms with E-state index in [0.29, 0.717) is 42.2 Å². The van der Waals surface area contributed by atoms with Crippen LogP contribution in [0.1, 0.15) is 68.9 Å². The Labute approximate surface area is 183 Å². The number of carbonyl (C=O) groups excluding carboxylic acids is 1. The van der Waals surface area contributed by atoms with Gasteiger partial charge in [0.15, 0.2) is 5.78 Å². The Bertz CT molecular complexity index is 875. The molecule has 160 valence electrons. The number of halogens is 1. The van der Waals surface area contributed by atoms with E-state index in [2.05, 4.69) is 0 Å².